The van der Waals surface area contributed by atoms with Gasteiger partial charge in [-0.15, -0.1) is 0 Å². The normalized spacial score (nSPS) is 14.2. The summed E-state index contributed by atoms with van der Waals surface area (Å²) in [6.07, 6.45) is 2.23. The Morgan fingerprint density at radius 3 is 1.27 bits per heavy atom. The van der Waals surface area contributed by atoms with Crippen molar-refractivity contribution in [3.8, 4) is 11.3 Å². The minimum atomic E-state index is -2.53. The van der Waals surface area contributed by atoms with E-state index in [9.17, 15) is 0 Å². The molecular formula is C48H58BBrN2O2P4Pd13. The van der Waals surface area contributed by atoms with E-state index in [4.69, 9.17) is 25.8 Å². The van der Waals surface area contributed by atoms with Gasteiger partial charge in [0.15, 0.2) is 0 Å². The van der Waals surface area contributed by atoms with Gasteiger partial charge in [0.1, 0.15) is 4.60 Å². The zero-order valence-electron chi connectivity index (χ0n) is 49.3. The Morgan fingerprint density at radius 2 is 0.803 bits per heavy atom. The van der Waals surface area contributed by atoms with Crippen molar-refractivity contribution >= 4 is 111 Å². The SMILES string of the molecule is CC1(C)OB(c2ccc3c(ccc4ccccc43)c2)OC1(C)C.P.P.P.P.[2H]C([2H])([2H])c1cnc(-c2ccc3c(ccc4ccccc43)c2)cc1C([2H])([2H])[2H].[2H]C([2H])([2H])c1cnc(Br)cc1C([2H])([2H])[2H].[Pd].[Pd].[Pd].[Pd].[Pd].[Pd].[Pd].[Pd].[Pd].[Pd].[Pd].[Pd].[Pd]. The number of nitrogens with zero attached hydrogens (tertiary/aromatic N) is 2. The van der Waals surface area contributed by atoms with E-state index in [-0.39, 0.29) is 346 Å². The van der Waals surface area contributed by atoms with Crippen LogP contribution in [0.5, 0.6) is 0 Å². The third kappa shape index (κ3) is 26.3. The Bertz CT molecular complexity index is 3150. The third-order valence-corrected chi connectivity index (χ3v) is 10.5. The van der Waals surface area contributed by atoms with Crippen LogP contribution in [0.3, 0.4) is 0 Å². The first-order valence-corrected chi connectivity index (χ1v) is 18.3. The van der Waals surface area contributed by atoms with E-state index < -0.39 is 27.4 Å². The van der Waals surface area contributed by atoms with Crippen LogP contribution in [-0.4, -0.2) is 28.3 Å². The van der Waals surface area contributed by atoms with E-state index in [0.717, 1.165) is 45.0 Å². The fourth-order valence-electron chi connectivity index (χ4n) is 6.37. The van der Waals surface area contributed by atoms with Crippen LogP contribution >= 0.6 is 55.5 Å². The van der Waals surface area contributed by atoms with Gasteiger partial charge in [0.2, 0.25) is 0 Å². The van der Waals surface area contributed by atoms with Gasteiger partial charge in [-0.2, -0.15) is 39.6 Å². The largest absolute Gasteiger partial charge is 0.494 e. The van der Waals surface area contributed by atoms with Crippen molar-refractivity contribution in [2.45, 2.75) is 66.3 Å². The van der Waals surface area contributed by atoms with E-state index in [1.807, 2.05) is 42.5 Å². The summed E-state index contributed by atoms with van der Waals surface area (Å²) in [5.41, 5.74) is 0.798. The number of aryl methyl sites for hydroxylation is 4. The number of aromatic nitrogens is 2. The van der Waals surface area contributed by atoms with Crippen LogP contribution in [-0.2, 0) is 275 Å². The second-order valence-electron chi connectivity index (χ2n) is 14.2. The van der Waals surface area contributed by atoms with Gasteiger partial charge >= 0.3 is 7.12 Å². The standard InChI is InChI=1S/C21H17N.C20H21BO2.C7H8BrN.4H3P.13Pd/c1-14-11-21(22-13-15(14)2)18-9-10-20-17(12-18)8-7-16-5-3-4-6-19(16)20;1-19(2)20(3,4)23-21(22-19)16-11-12-18-15(13-16)10-9-14-7-5-6-8-17(14)18;1-5-3-7(8)9-4-6(5)2;;;;;;;;;;;;;;;;;/h3-13H,1-2H3;5-13H,1-4H3;3-4H,1-2H3;4*1H3;;;;;;;;;;;;;/i1D3,2D3;;1D3,2D3;;;;;;;;;;;;;;;;;. The molecule has 6 aromatic carbocycles. The monoisotopic (exact) mass is 2300 g/mol. The fourth-order valence-corrected chi connectivity index (χ4v) is 6.70. The van der Waals surface area contributed by atoms with Crippen LogP contribution in [0.1, 0.15) is 66.4 Å². The van der Waals surface area contributed by atoms with E-state index in [1.54, 1.807) is 0 Å². The molecule has 0 amide bonds. The van der Waals surface area contributed by atoms with Gasteiger partial charge in [-0.3, -0.25) is 4.98 Å². The van der Waals surface area contributed by atoms with Gasteiger partial charge in [-0.25, -0.2) is 4.98 Å². The van der Waals surface area contributed by atoms with Crippen LogP contribution in [0.2, 0.25) is 0 Å². The molecule has 1 saturated heterocycles. The molecule has 3 heterocycles. The molecule has 1 aliphatic heterocycles. The molecule has 8 aromatic rings. The summed E-state index contributed by atoms with van der Waals surface area (Å²) in [4.78, 5) is 7.98. The summed E-state index contributed by atoms with van der Waals surface area (Å²) in [7, 11) is -0.309. The maximum Gasteiger partial charge on any atom is 0.494 e. The molecule has 4 nitrogen and oxygen atoms in total. The van der Waals surface area contributed by atoms with Crippen LogP contribution < -0.4 is 5.46 Å². The van der Waals surface area contributed by atoms with Crippen molar-refractivity contribution in [1.82, 2.24) is 9.97 Å². The van der Waals surface area contributed by atoms with E-state index in [1.165, 1.54) is 33.7 Å². The molecule has 0 bridgehead atoms. The van der Waals surface area contributed by atoms with E-state index in [0.29, 0.717) is 10.3 Å². The topological polar surface area (TPSA) is 44.2 Å². The quantitative estimate of drug-likeness (QED) is 0.0749. The Morgan fingerprint density at radius 1 is 0.423 bits per heavy atom. The van der Waals surface area contributed by atoms with Gasteiger partial charge < -0.3 is 9.31 Å². The van der Waals surface area contributed by atoms with Gasteiger partial charge in [0, 0.05) is 300 Å². The van der Waals surface area contributed by atoms with Gasteiger partial charge in [0.25, 0.3) is 0 Å². The summed E-state index contributed by atoms with van der Waals surface area (Å²) in [5.74, 6) is 0. The van der Waals surface area contributed by atoms with Crippen LogP contribution in [0.15, 0.2) is 138 Å². The van der Waals surface area contributed by atoms with Crippen molar-refractivity contribution in [1.29, 1.82) is 0 Å². The zero-order chi connectivity index (χ0) is 48.2. The van der Waals surface area contributed by atoms with Crippen molar-refractivity contribution in [2.24, 2.45) is 0 Å². The summed E-state index contributed by atoms with van der Waals surface area (Å²) < 4.78 is 102. The molecule has 1 aliphatic rings. The first-order chi connectivity index (χ1) is 30.6. The molecule has 4 atom stereocenters. The molecule has 0 N–H and O–H groups in total. The number of rotatable bonds is 2. The molecule has 9 rings (SSSR count). The maximum atomic E-state index is 7.73. The van der Waals surface area contributed by atoms with Gasteiger partial charge in [0.05, 0.1) is 16.9 Å². The Hall–Kier alpha value is 5.46. The second-order valence-corrected chi connectivity index (χ2v) is 15.1. The Kier molecular flexibility index (Phi) is 47.9. The summed E-state index contributed by atoms with van der Waals surface area (Å²) in [5, 5.41) is 9.42. The molecule has 432 valence electrons. The van der Waals surface area contributed by atoms with Gasteiger partial charge in [-0.1, -0.05) is 103 Å². The van der Waals surface area contributed by atoms with Crippen molar-refractivity contribution in [3.63, 3.8) is 0 Å². The number of halogens is 1. The molecule has 0 spiro atoms. The van der Waals surface area contributed by atoms with Crippen LogP contribution in [0, 0.1) is 27.4 Å². The van der Waals surface area contributed by atoms with Crippen molar-refractivity contribution in [2.75, 3.05) is 0 Å². The molecule has 0 aliphatic carbocycles. The third-order valence-electron chi connectivity index (χ3n) is 10.1. The van der Waals surface area contributed by atoms with Crippen molar-refractivity contribution in [3.05, 3.63) is 161 Å². The first kappa shape index (κ1) is 72.6. The molecular weight excluding hydrogens is 2230 g/mol. The fraction of sp³-hybridized carbons (Fsp3) is 0.208. The van der Waals surface area contributed by atoms with E-state index in [2.05, 4.69) is 120 Å². The Labute approximate surface area is 640 Å². The van der Waals surface area contributed by atoms with Crippen LogP contribution in [0.4, 0.5) is 0 Å². The van der Waals surface area contributed by atoms with Gasteiger partial charge in [-0.05, 0) is 160 Å². The molecule has 1 fully saturated rings. The summed E-state index contributed by atoms with van der Waals surface area (Å²) in [6.45, 7) is -1.63. The predicted octanol–water partition coefficient (Wildman–Crippen LogP) is 12.6. The minimum absolute atomic E-state index is 0. The predicted molar refractivity (Wildman–Crippen MR) is 277 cm³/mol. The number of benzene rings is 6. The molecule has 4 unspecified atom stereocenters. The first-order valence-electron chi connectivity index (χ1n) is 23.5. The summed E-state index contributed by atoms with van der Waals surface area (Å²) in [6, 6.07) is 39.9. The van der Waals surface area contributed by atoms with E-state index >= 15 is 0 Å². The molecule has 23 heteroatoms. The summed E-state index contributed by atoms with van der Waals surface area (Å²) >= 11 is 3.01. The molecule has 2 aromatic heterocycles. The number of pyridine rings is 2. The Balaban J connectivity index is -0.0000000974. The molecule has 0 saturated carbocycles. The molecule has 71 heavy (non-hydrogen) atoms. The molecule has 0 radical (unpaired) electrons. The van der Waals surface area contributed by atoms with Crippen molar-refractivity contribution < 1.29 is 291 Å². The average Bonchev–Trinajstić information content (AvgIpc) is 3.47. The average molecular weight is 2310 g/mol. The smallest absolute Gasteiger partial charge is 0.399 e. The van der Waals surface area contributed by atoms with Crippen LogP contribution in [0.25, 0.3) is 54.3 Å². The number of hydrogen-bond acceptors (Lipinski definition) is 4. The number of hydrogen-bond donors (Lipinski definition) is 0. The maximum absolute atomic E-state index is 7.73. The second kappa shape index (κ2) is 46.9. The minimum Gasteiger partial charge on any atom is -0.399 e. The number of fused-ring (bicyclic) bond motifs is 6. The zero-order valence-corrected chi connectivity index (χ0v) is 64.8.